The Balaban J connectivity index is 0. The number of nitrogens with two attached hydrogens (primary N) is 1. The molecule has 0 spiro atoms. The Bertz CT molecular complexity index is 343. The van der Waals surface area contributed by atoms with Crippen LogP contribution < -0.4 is 5.73 Å². The molecule has 1 nitrogen and oxygen atoms in total. The molecule has 0 heterocycles. The van der Waals surface area contributed by atoms with Crippen molar-refractivity contribution in [2.24, 2.45) is 0 Å². The Morgan fingerprint density at radius 1 is 0.650 bits per heavy atom. The van der Waals surface area contributed by atoms with Gasteiger partial charge in [0, 0.05) is 5.69 Å². The van der Waals surface area contributed by atoms with E-state index in [-0.39, 0.29) is 17.1 Å². The molecule has 0 aliphatic heterocycles. The van der Waals surface area contributed by atoms with Gasteiger partial charge in [-0.1, -0.05) is 18.2 Å². The zero-order valence-corrected chi connectivity index (χ0v) is 11.9. The summed E-state index contributed by atoms with van der Waals surface area (Å²) in [4.78, 5) is 0. The van der Waals surface area contributed by atoms with Crippen LogP contribution in [0.5, 0.6) is 0 Å². The van der Waals surface area contributed by atoms with Crippen molar-refractivity contribution in [1.82, 2.24) is 0 Å². The maximum atomic E-state index is 9.87. The normalized spacial score (nSPS) is 17.1. The predicted molar refractivity (Wildman–Crippen MR) is 65.9 cm³/mol. The van der Waals surface area contributed by atoms with Gasteiger partial charge in [-0.25, -0.2) is 0 Å². The van der Waals surface area contributed by atoms with E-state index in [2.05, 4.69) is 0 Å². The molecule has 1 aliphatic rings. The summed E-state index contributed by atoms with van der Waals surface area (Å²) in [5.41, 5.74) is 6.18. The smallest absolute Gasteiger partial charge is 0.399 e. The van der Waals surface area contributed by atoms with Crippen LogP contribution in [0.15, 0.2) is 30.3 Å². The van der Waals surface area contributed by atoms with Crippen molar-refractivity contribution in [3.05, 3.63) is 62.4 Å². The van der Waals surface area contributed by atoms with Crippen molar-refractivity contribution < 1.29 is 42.3 Å². The van der Waals surface area contributed by atoms with E-state index in [0.29, 0.717) is 0 Å². The molecule has 1 aromatic carbocycles. The number of halogens is 6. The maximum absolute atomic E-state index is 10.7. The van der Waals surface area contributed by atoms with E-state index in [1.165, 1.54) is 0 Å². The van der Waals surface area contributed by atoms with Gasteiger partial charge in [0.2, 0.25) is 0 Å². The van der Waals surface area contributed by atoms with Gasteiger partial charge in [0.05, 0.1) is 0 Å². The van der Waals surface area contributed by atoms with Crippen LogP contribution in [0.3, 0.4) is 0 Å². The van der Waals surface area contributed by atoms with Crippen molar-refractivity contribution in [2.75, 3.05) is 5.73 Å². The summed E-state index contributed by atoms with van der Waals surface area (Å²) in [5, 5.41) is 0. The molecule has 0 saturated heterocycles. The first-order chi connectivity index (χ1) is 8.34. The third-order valence-electron chi connectivity index (χ3n) is 1.36. The van der Waals surface area contributed by atoms with Gasteiger partial charge in [-0.2, -0.15) is 0 Å². The summed E-state index contributed by atoms with van der Waals surface area (Å²) in [7, 11) is -10.7. The summed E-state index contributed by atoms with van der Waals surface area (Å²) in [5.74, 6) is 0. The van der Waals surface area contributed by atoms with Crippen LogP contribution in [0.4, 0.5) is 30.9 Å². The van der Waals surface area contributed by atoms with Crippen LogP contribution in [0, 0.1) is 32.1 Å². The summed E-state index contributed by atoms with van der Waals surface area (Å²) in [6.45, 7) is 0. The first-order valence-electron chi connectivity index (χ1n) is 4.88. The average Bonchev–Trinajstić information content (AvgIpc) is 2.71. The van der Waals surface area contributed by atoms with Crippen LogP contribution in [0.2, 0.25) is 0 Å². The van der Waals surface area contributed by atoms with Gasteiger partial charge in [0.15, 0.2) is 0 Å². The number of hydrogen-bond acceptors (Lipinski definition) is 1. The van der Waals surface area contributed by atoms with Crippen molar-refractivity contribution >= 4 is 13.5 Å². The first-order valence-corrected chi connectivity index (χ1v) is 6.91. The van der Waals surface area contributed by atoms with Crippen molar-refractivity contribution in [1.29, 1.82) is 0 Å². The molecule has 1 fully saturated rings. The Hall–Kier alpha value is -0.451. The molecule has 0 unspecified atom stereocenters. The van der Waals surface area contributed by atoms with Gasteiger partial charge in [0.1, 0.15) is 0 Å². The molecule has 1 aromatic rings. The summed E-state index contributed by atoms with van der Waals surface area (Å²) >= 11 is 0. The fourth-order valence-electron chi connectivity index (χ4n) is 0.774. The van der Waals surface area contributed by atoms with Gasteiger partial charge in [-0.15, -0.1) is 0 Å². The molecule has 0 bridgehead atoms. The van der Waals surface area contributed by atoms with Crippen molar-refractivity contribution in [3.8, 4) is 0 Å². The summed E-state index contributed by atoms with van der Waals surface area (Å²) in [6, 6.07) is 9.49. The average molecular weight is 359 g/mol. The Kier molecular flexibility index (Phi) is 8.22. The molecular formula is C11H12F6FeNP+. The Morgan fingerprint density at radius 2 is 0.900 bits per heavy atom. The zero-order valence-electron chi connectivity index (χ0n) is 9.92. The summed E-state index contributed by atoms with van der Waals surface area (Å²) < 4.78 is 59.2. The summed E-state index contributed by atoms with van der Waals surface area (Å²) in [6.07, 6.45) is 10.0. The molecular weight excluding hydrogens is 347 g/mol. The fraction of sp³-hybridized carbons (Fsp3) is 0. The Morgan fingerprint density at radius 3 is 1.05 bits per heavy atom. The minimum atomic E-state index is -10.7. The number of rotatable bonds is 0. The number of para-hydroxylation sites is 1. The first kappa shape index (κ1) is 21.8. The van der Waals surface area contributed by atoms with Crippen LogP contribution in [0.25, 0.3) is 0 Å². The van der Waals surface area contributed by atoms with Gasteiger partial charge in [0.25, 0.3) is 0 Å². The molecule has 0 aromatic heterocycles. The van der Waals surface area contributed by atoms with E-state index in [1.54, 1.807) is 0 Å². The van der Waals surface area contributed by atoms with E-state index in [1.807, 2.05) is 62.4 Å². The van der Waals surface area contributed by atoms with E-state index in [0.717, 1.165) is 5.69 Å². The van der Waals surface area contributed by atoms with E-state index in [9.17, 15) is 25.2 Å². The standard InChI is InChI=1S/C6H7N.C5H5.F6P.Fe/c7-6-4-2-1-3-5-6;1-2-4-5-3-1;1-7(2,3,4,5)6;/h1-5H,7H2;1-5H;;/q;;-1;+2. The van der Waals surface area contributed by atoms with Crippen LogP contribution in [-0.2, 0) is 17.1 Å². The molecule has 1 aliphatic carbocycles. The molecule has 1 saturated carbocycles. The number of nitrogen functional groups attached to an aromatic ring is 1. The SMILES string of the molecule is F[P-](F)(F)(F)(F)F.Nc1ccccc1.[CH]1[CH][CH][CH][CH]1.[Fe+2]. The monoisotopic (exact) mass is 359 g/mol. The number of benzene rings is 1. The van der Waals surface area contributed by atoms with E-state index < -0.39 is 7.81 Å². The fourth-order valence-corrected chi connectivity index (χ4v) is 0.774. The minimum absolute atomic E-state index is 0. The third kappa shape index (κ3) is 30.5. The molecule has 115 valence electrons. The topological polar surface area (TPSA) is 26.0 Å². The maximum Gasteiger partial charge on any atom is 2.00 e. The minimum Gasteiger partial charge on any atom is -0.399 e. The Labute approximate surface area is 124 Å². The van der Waals surface area contributed by atoms with Crippen molar-refractivity contribution in [3.63, 3.8) is 0 Å². The van der Waals surface area contributed by atoms with Crippen LogP contribution >= 0.6 is 7.81 Å². The van der Waals surface area contributed by atoms with Gasteiger partial charge < -0.3 is 5.73 Å². The van der Waals surface area contributed by atoms with Gasteiger partial charge in [-0.3, -0.25) is 0 Å². The van der Waals surface area contributed by atoms with Gasteiger partial charge in [-0.05, 0) is 44.2 Å². The molecule has 5 radical (unpaired) electrons. The second kappa shape index (κ2) is 7.53. The van der Waals surface area contributed by atoms with Gasteiger partial charge >= 0.3 is 50.1 Å². The second-order valence-electron chi connectivity index (χ2n) is 3.33. The molecule has 2 rings (SSSR count). The quantitative estimate of drug-likeness (QED) is 0.275. The zero-order chi connectivity index (χ0) is 15.1. The molecule has 2 N–H and O–H groups in total. The van der Waals surface area contributed by atoms with E-state index in [4.69, 9.17) is 5.73 Å². The van der Waals surface area contributed by atoms with E-state index >= 15 is 0 Å². The largest absolute Gasteiger partial charge is 2.00 e. The van der Waals surface area contributed by atoms with Crippen LogP contribution in [-0.4, -0.2) is 0 Å². The molecule has 0 atom stereocenters. The van der Waals surface area contributed by atoms with Crippen LogP contribution in [0.1, 0.15) is 0 Å². The number of anilines is 1. The number of hydrogen-bond donors (Lipinski definition) is 1. The second-order valence-corrected chi connectivity index (χ2v) is 5.25. The molecule has 0 amide bonds. The molecule has 9 heteroatoms. The third-order valence-corrected chi connectivity index (χ3v) is 1.36. The predicted octanol–water partition coefficient (Wildman–Crippen LogP) is 5.67. The molecule has 20 heavy (non-hydrogen) atoms. The van der Waals surface area contributed by atoms with Crippen molar-refractivity contribution in [2.45, 2.75) is 0 Å².